The van der Waals surface area contributed by atoms with Gasteiger partial charge in [-0.15, -0.1) is 0 Å². The topological polar surface area (TPSA) is 33.1 Å². The quantitative estimate of drug-likeness (QED) is 0.804. The van der Waals surface area contributed by atoms with Crippen molar-refractivity contribution in [2.45, 2.75) is 45.6 Å². The predicted molar refractivity (Wildman–Crippen MR) is 62.5 cm³/mol. The normalized spacial score (nSPS) is 15.3. The molecule has 0 saturated heterocycles. The third-order valence-electron chi connectivity index (χ3n) is 2.73. The van der Waals surface area contributed by atoms with Gasteiger partial charge in [0, 0.05) is 18.0 Å². The van der Waals surface area contributed by atoms with Crippen molar-refractivity contribution >= 4 is 0 Å². The molecule has 0 aromatic carbocycles. The van der Waals surface area contributed by atoms with Gasteiger partial charge in [-0.1, -0.05) is 26.3 Å². The van der Waals surface area contributed by atoms with Crippen LogP contribution in [0.15, 0.2) is 24.5 Å². The smallest absolute Gasteiger partial charge is 0.0883 e. The first-order chi connectivity index (χ1) is 7.02. The van der Waals surface area contributed by atoms with Crippen LogP contribution in [-0.2, 0) is 5.60 Å². The van der Waals surface area contributed by atoms with Gasteiger partial charge >= 0.3 is 0 Å². The summed E-state index contributed by atoms with van der Waals surface area (Å²) in [6.07, 6.45) is 6.50. The van der Waals surface area contributed by atoms with Crippen LogP contribution in [0.25, 0.3) is 0 Å². The van der Waals surface area contributed by atoms with Crippen molar-refractivity contribution in [1.29, 1.82) is 0 Å². The van der Waals surface area contributed by atoms with E-state index in [0.29, 0.717) is 5.92 Å². The molecule has 1 aromatic rings. The fourth-order valence-corrected chi connectivity index (χ4v) is 1.68. The largest absolute Gasteiger partial charge is 0.385 e. The molecule has 1 unspecified atom stereocenters. The summed E-state index contributed by atoms with van der Waals surface area (Å²) < 4.78 is 0. The molecule has 1 rings (SSSR count). The van der Waals surface area contributed by atoms with Gasteiger partial charge in [-0.05, 0) is 31.7 Å². The lowest BCUT2D eigenvalue weighted by molar-refractivity contribution is 0.0438. The molecule has 2 nitrogen and oxygen atoms in total. The molecule has 1 N–H and O–H groups in total. The van der Waals surface area contributed by atoms with Crippen LogP contribution in [-0.4, -0.2) is 10.1 Å². The van der Waals surface area contributed by atoms with Gasteiger partial charge in [0.15, 0.2) is 0 Å². The number of pyridine rings is 1. The van der Waals surface area contributed by atoms with E-state index in [-0.39, 0.29) is 0 Å². The first-order valence-corrected chi connectivity index (χ1v) is 5.65. The molecule has 1 atom stereocenters. The molecule has 15 heavy (non-hydrogen) atoms. The van der Waals surface area contributed by atoms with Crippen LogP contribution in [0.1, 0.15) is 45.6 Å². The summed E-state index contributed by atoms with van der Waals surface area (Å²) in [5.41, 5.74) is 0.178. The number of hydrogen-bond donors (Lipinski definition) is 1. The van der Waals surface area contributed by atoms with Crippen molar-refractivity contribution < 1.29 is 5.11 Å². The van der Waals surface area contributed by atoms with E-state index in [2.05, 4.69) is 18.8 Å². The minimum Gasteiger partial charge on any atom is -0.385 e. The Bertz CT molecular complexity index is 280. The lowest BCUT2D eigenvalue weighted by Gasteiger charge is -2.23. The van der Waals surface area contributed by atoms with Crippen LogP contribution < -0.4 is 0 Å². The van der Waals surface area contributed by atoms with E-state index in [1.54, 1.807) is 12.4 Å². The van der Waals surface area contributed by atoms with E-state index in [1.807, 2.05) is 19.1 Å². The van der Waals surface area contributed by atoms with E-state index in [0.717, 1.165) is 24.8 Å². The van der Waals surface area contributed by atoms with Crippen LogP contribution in [0.4, 0.5) is 0 Å². The summed E-state index contributed by atoms with van der Waals surface area (Å²) in [5, 5.41) is 10.3. The fraction of sp³-hybridized carbons (Fsp3) is 0.615. The van der Waals surface area contributed by atoms with Gasteiger partial charge in [0.05, 0.1) is 5.60 Å². The molecule has 1 heterocycles. The zero-order valence-electron chi connectivity index (χ0n) is 9.90. The second-order valence-corrected chi connectivity index (χ2v) is 4.80. The van der Waals surface area contributed by atoms with Crippen LogP contribution in [0.5, 0.6) is 0 Å². The zero-order chi connectivity index (χ0) is 11.3. The Morgan fingerprint density at radius 2 is 2.20 bits per heavy atom. The van der Waals surface area contributed by atoms with Gasteiger partial charge in [-0.2, -0.15) is 0 Å². The zero-order valence-corrected chi connectivity index (χ0v) is 9.90. The number of nitrogens with zero attached hydrogens (tertiary/aromatic N) is 1. The highest BCUT2D eigenvalue weighted by molar-refractivity contribution is 5.16. The van der Waals surface area contributed by atoms with Crippen molar-refractivity contribution in [3.63, 3.8) is 0 Å². The maximum Gasteiger partial charge on any atom is 0.0883 e. The number of hydrogen-bond acceptors (Lipinski definition) is 2. The Morgan fingerprint density at radius 1 is 1.47 bits per heavy atom. The molecule has 0 amide bonds. The van der Waals surface area contributed by atoms with Gasteiger partial charge < -0.3 is 5.11 Å². The summed E-state index contributed by atoms with van der Waals surface area (Å²) in [6.45, 7) is 6.28. The Kier molecular flexibility index (Phi) is 4.28. The minimum absolute atomic E-state index is 0.703. The average Bonchev–Trinajstić information content (AvgIpc) is 2.18. The van der Waals surface area contributed by atoms with Gasteiger partial charge in [-0.25, -0.2) is 0 Å². The summed E-state index contributed by atoms with van der Waals surface area (Å²) in [6, 6.07) is 3.80. The fourth-order valence-electron chi connectivity index (χ4n) is 1.68. The minimum atomic E-state index is -0.733. The maximum atomic E-state index is 10.3. The van der Waals surface area contributed by atoms with Crippen molar-refractivity contribution in [1.82, 2.24) is 4.98 Å². The Balaban J connectivity index is 2.52. The molecule has 2 heteroatoms. The average molecular weight is 207 g/mol. The summed E-state index contributed by atoms with van der Waals surface area (Å²) in [7, 11) is 0. The molecule has 0 aliphatic heterocycles. The SMILES string of the molecule is CC(C)CCCC(C)(O)c1cccnc1. The third kappa shape index (κ3) is 4.00. The lowest BCUT2D eigenvalue weighted by atomic mass is 9.90. The molecule has 0 spiro atoms. The first kappa shape index (κ1) is 12.2. The van der Waals surface area contributed by atoms with Gasteiger partial charge in [-0.3, -0.25) is 4.98 Å². The van der Waals surface area contributed by atoms with Gasteiger partial charge in [0.2, 0.25) is 0 Å². The Hall–Kier alpha value is -0.890. The van der Waals surface area contributed by atoms with Crippen molar-refractivity contribution in [3.8, 4) is 0 Å². The molecular formula is C13H21NO. The predicted octanol–water partition coefficient (Wildman–Crippen LogP) is 3.12. The van der Waals surface area contributed by atoms with Crippen molar-refractivity contribution in [2.24, 2.45) is 5.92 Å². The van der Waals surface area contributed by atoms with Crippen LogP contribution >= 0.6 is 0 Å². The highest BCUT2D eigenvalue weighted by Crippen LogP contribution is 2.26. The second kappa shape index (κ2) is 5.26. The number of aromatic nitrogens is 1. The van der Waals surface area contributed by atoms with Crippen LogP contribution in [0.2, 0.25) is 0 Å². The monoisotopic (exact) mass is 207 g/mol. The number of rotatable bonds is 5. The molecular weight excluding hydrogens is 186 g/mol. The van der Waals surface area contributed by atoms with E-state index >= 15 is 0 Å². The van der Waals surface area contributed by atoms with Crippen molar-refractivity contribution in [2.75, 3.05) is 0 Å². The number of aliphatic hydroxyl groups is 1. The van der Waals surface area contributed by atoms with Gasteiger partial charge in [0.1, 0.15) is 0 Å². The molecule has 0 aliphatic rings. The molecule has 1 aromatic heterocycles. The van der Waals surface area contributed by atoms with Crippen LogP contribution in [0.3, 0.4) is 0 Å². The highest BCUT2D eigenvalue weighted by Gasteiger charge is 2.22. The standard InChI is InChI=1S/C13H21NO/c1-11(2)6-4-8-13(3,15)12-7-5-9-14-10-12/h5,7,9-11,15H,4,6,8H2,1-3H3. The van der Waals surface area contributed by atoms with E-state index < -0.39 is 5.60 Å². The highest BCUT2D eigenvalue weighted by atomic mass is 16.3. The Morgan fingerprint density at radius 3 is 2.73 bits per heavy atom. The molecule has 0 saturated carbocycles. The molecule has 0 aliphatic carbocycles. The van der Waals surface area contributed by atoms with Crippen LogP contribution in [0, 0.1) is 5.92 Å². The van der Waals surface area contributed by atoms with E-state index in [1.165, 1.54) is 0 Å². The molecule has 0 bridgehead atoms. The molecule has 84 valence electrons. The Labute approximate surface area is 92.4 Å². The van der Waals surface area contributed by atoms with E-state index in [4.69, 9.17) is 0 Å². The molecule has 0 radical (unpaired) electrons. The summed E-state index contributed by atoms with van der Waals surface area (Å²) in [4.78, 5) is 4.03. The second-order valence-electron chi connectivity index (χ2n) is 4.80. The molecule has 0 fully saturated rings. The van der Waals surface area contributed by atoms with E-state index in [9.17, 15) is 5.11 Å². The summed E-state index contributed by atoms with van der Waals surface area (Å²) >= 11 is 0. The van der Waals surface area contributed by atoms with Crippen molar-refractivity contribution in [3.05, 3.63) is 30.1 Å². The first-order valence-electron chi connectivity index (χ1n) is 5.65. The lowest BCUT2D eigenvalue weighted by Crippen LogP contribution is -2.21. The van der Waals surface area contributed by atoms with Gasteiger partial charge in [0.25, 0.3) is 0 Å². The summed E-state index contributed by atoms with van der Waals surface area (Å²) in [5.74, 6) is 0.703. The maximum absolute atomic E-state index is 10.3. The third-order valence-corrected chi connectivity index (χ3v) is 2.73.